The van der Waals surface area contributed by atoms with Crippen LogP contribution in [0.1, 0.15) is 30.1 Å². The number of anilines is 1. The van der Waals surface area contributed by atoms with Crippen LogP contribution in [0.2, 0.25) is 0 Å². The molecule has 0 aromatic heterocycles. The minimum absolute atomic E-state index is 0.0213. The zero-order chi connectivity index (χ0) is 15.4. The van der Waals surface area contributed by atoms with E-state index in [1.165, 1.54) is 7.11 Å². The lowest BCUT2D eigenvalue weighted by Gasteiger charge is -2.28. The second kappa shape index (κ2) is 6.39. The van der Waals surface area contributed by atoms with Crippen LogP contribution in [0.4, 0.5) is 5.69 Å². The Morgan fingerprint density at radius 2 is 2.10 bits per heavy atom. The summed E-state index contributed by atoms with van der Waals surface area (Å²) in [5.41, 5.74) is 1.05. The van der Waals surface area contributed by atoms with E-state index in [4.69, 9.17) is 4.74 Å². The number of benzene rings is 1. The smallest absolute Gasteiger partial charge is 0.343 e. The maximum absolute atomic E-state index is 12.0. The Balaban J connectivity index is 2.25. The summed E-state index contributed by atoms with van der Waals surface area (Å²) in [5.74, 6) is -0.152. The molecule has 0 N–H and O–H groups in total. The SMILES string of the molecule is CCC(=O)N1CCC(=O)c2cc(OCC(=O)OC)ccc21. The summed E-state index contributed by atoms with van der Waals surface area (Å²) in [6, 6.07) is 4.87. The minimum Gasteiger partial charge on any atom is -0.482 e. The normalized spacial score (nSPS) is 13.6. The van der Waals surface area contributed by atoms with Gasteiger partial charge in [-0.25, -0.2) is 4.79 Å². The number of hydrogen-bond acceptors (Lipinski definition) is 5. The highest BCUT2D eigenvalue weighted by Gasteiger charge is 2.26. The molecule has 0 saturated carbocycles. The fraction of sp³-hybridized carbons (Fsp3) is 0.400. The summed E-state index contributed by atoms with van der Waals surface area (Å²) in [6.07, 6.45) is 0.674. The Kier molecular flexibility index (Phi) is 4.57. The molecule has 6 heteroatoms. The van der Waals surface area contributed by atoms with Crippen LogP contribution in [-0.4, -0.2) is 37.9 Å². The lowest BCUT2D eigenvalue weighted by atomic mass is 9.99. The van der Waals surface area contributed by atoms with Crippen molar-refractivity contribution < 1.29 is 23.9 Å². The maximum Gasteiger partial charge on any atom is 0.343 e. The van der Waals surface area contributed by atoms with Crippen molar-refractivity contribution in [2.24, 2.45) is 0 Å². The zero-order valence-corrected chi connectivity index (χ0v) is 12.0. The van der Waals surface area contributed by atoms with E-state index in [0.717, 1.165) is 0 Å². The molecule has 0 radical (unpaired) electrons. The first kappa shape index (κ1) is 15.0. The van der Waals surface area contributed by atoms with Crippen molar-refractivity contribution in [2.75, 3.05) is 25.2 Å². The number of Topliss-reactive ketones (excluding diaryl/α,β-unsaturated/α-hetero) is 1. The van der Waals surface area contributed by atoms with Crippen LogP contribution in [0, 0.1) is 0 Å². The van der Waals surface area contributed by atoms with Crippen molar-refractivity contribution in [3.63, 3.8) is 0 Å². The highest BCUT2D eigenvalue weighted by Crippen LogP contribution is 2.31. The first-order chi connectivity index (χ1) is 10.1. The van der Waals surface area contributed by atoms with Crippen LogP contribution >= 0.6 is 0 Å². The largest absolute Gasteiger partial charge is 0.482 e. The van der Waals surface area contributed by atoms with E-state index in [-0.39, 0.29) is 18.3 Å². The molecule has 2 rings (SSSR count). The van der Waals surface area contributed by atoms with Gasteiger partial charge in [-0.05, 0) is 18.2 Å². The van der Waals surface area contributed by atoms with Gasteiger partial charge in [0.05, 0.1) is 12.8 Å². The van der Waals surface area contributed by atoms with Crippen molar-refractivity contribution in [2.45, 2.75) is 19.8 Å². The quantitative estimate of drug-likeness (QED) is 0.787. The standard InChI is InChI=1S/C15H17NO5/c1-3-14(18)16-7-6-13(17)11-8-10(4-5-12(11)16)21-9-15(19)20-2/h4-5,8H,3,6-7,9H2,1-2H3. The number of methoxy groups -OCH3 is 1. The molecule has 0 unspecified atom stereocenters. The van der Waals surface area contributed by atoms with Crippen molar-refractivity contribution in [3.8, 4) is 5.75 Å². The summed E-state index contributed by atoms with van der Waals surface area (Å²) < 4.78 is 9.75. The van der Waals surface area contributed by atoms with E-state index in [0.29, 0.717) is 36.4 Å². The molecule has 1 amide bonds. The van der Waals surface area contributed by atoms with Crippen molar-refractivity contribution >= 4 is 23.3 Å². The predicted molar refractivity (Wildman–Crippen MR) is 75.5 cm³/mol. The fourth-order valence-electron chi connectivity index (χ4n) is 2.18. The molecule has 112 valence electrons. The zero-order valence-electron chi connectivity index (χ0n) is 12.0. The van der Waals surface area contributed by atoms with Crippen molar-refractivity contribution in [1.82, 2.24) is 0 Å². The van der Waals surface area contributed by atoms with Crippen LogP contribution in [-0.2, 0) is 14.3 Å². The summed E-state index contributed by atoms with van der Waals surface area (Å²) in [4.78, 5) is 36.6. The number of esters is 1. The summed E-state index contributed by atoms with van der Waals surface area (Å²) in [6.45, 7) is 1.97. The molecule has 1 heterocycles. The summed E-state index contributed by atoms with van der Waals surface area (Å²) in [7, 11) is 1.27. The molecule has 0 saturated heterocycles. The van der Waals surface area contributed by atoms with E-state index in [9.17, 15) is 14.4 Å². The maximum atomic E-state index is 12.0. The molecular formula is C15H17NO5. The monoisotopic (exact) mass is 291 g/mol. The predicted octanol–water partition coefficient (Wildman–Crippen LogP) is 1.57. The molecule has 0 aliphatic carbocycles. The van der Waals surface area contributed by atoms with Gasteiger partial charge in [0.15, 0.2) is 12.4 Å². The van der Waals surface area contributed by atoms with Gasteiger partial charge in [0.2, 0.25) is 5.91 Å². The van der Waals surface area contributed by atoms with Gasteiger partial charge in [-0.2, -0.15) is 0 Å². The third-order valence-corrected chi connectivity index (χ3v) is 3.31. The molecule has 1 aliphatic heterocycles. The molecule has 0 bridgehead atoms. The Hall–Kier alpha value is -2.37. The lowest BCUT2D eigenvalue weighted by molar-refractivity contribution is -0.142. The number of fused-ring (bicyclic) bond motifs is 1. The van der Waals surface area contributed by atoms with Gasteiger partial charge in [0.1, 0.15) is 5.75 Å². The van der Waals surface area contributed by atoms with Gasteiger partial charge in [-0.1, -0.05) is 6.92 Å². The Morgan fingerprint density at radius 3 is 2.76 bits per heavy atom. The molecule has 1 aromatic rings. The van der Waals surface area contributed by atoms with Gasteiger partial charge in [0.25, 0.3) is 0 Å². The van der Waals surface area contributed by atoms with E-state index >= 15 is 0 Å². The average Bonchev–Trinajstić information content (AvgIpc) is 2.52. The van der Waals surface area contributed by atoms with Gasteiger partial charge < -0.3 is 14.4 Å². The third-order valence-electron chi connectivity index (χ3n) is 3.31. The molecule has 0 spiro atoms. The molecule has 21 heavy (non-hydrogen) atoms. The van der Waals surface area contributed by atoms with E-state index < -0.39 is 5.97 Å². The van der Waals surface area contributed by atoms with Gasteiger partial charge in [0, 0.05) is 24.9 Å². The molecule has 0 atom stereocenters. The summed E-state index contributed by atoms with van der Waals surface area (Å²) >= 11 is 0. The molecule has 6 nitrogen and oxygen atoms in total. The van der Waals surface area contributed by atoms with Crippen LogP contribution < -0.4 is 9.64 Å². The topological polar surface area (TPSA) is 72.9 Å². The number of ether oxygens (including phenoxy) is 2. The first-order valence-electron chi connectivity index (χ1n) is 6.74. The number of nitrogens with zero attached hydrogens (tertiary/aromatic N) is 1. The molecule has 1 aliphatic rings. The van der Waals surface area contributed by atoms with Crippen LogP contribution in [0.5, 0.6) is 5.75 Å². The molecule has 1 aromatic carbocycles. The fourth-order valence-corrected chi connectivity index (χ4v) is 2.18. The van der Waals surface area contributed by atoms with Crippen molar-refractivity contribution in [1.29, 1.82) is 0 Å². The van der Waals surface area contributed by atoms with Gasteiger partial charge in [-0.3, -0.25) is 9.59 Å². The number of ketones is 1. The second-order valence-electron chi connectivity index (χ2n) is 4.62. The minimum atomic E-state index is -0.498. The average molecular weight is 291 g/mol. The van der Waals surface area contributed by atoms with Gasteiger partial charge in [-0.15, -0.1) is 0 Å². The second-order valence-corrected chi connectivity index (χ2v) is 4.62. The molecule has 0 fully saturated rings. The Bertz CT molecular complexity index is 581. The Morgan fingerprint density at radius 1 is 1.33 bits per heavy atom. The number of rotatable bonds is 4. The van der Waals surface area contributed by atoms with Crippen LogP contribution in [0.15, 0.2) is 18.2 Å². The van der Waals surface area contributed by atoms with Crippen LogP contribution in [0.25, 0.3) is 0 Å². The molecular weight excluding hydrogens is 274 g/mol. The first-order valence-corrected chi connectivity index (χ1v) is 6.74. The summed E-state index contributed by atoms with van der Waals surface area (Å²) in [5, 5.41) is 0. The van der Waals surface area contributed by atoms with Crippen molar-refractivity contribution in [3.05, 3.63) is 23.8 Å². The highest BCUT2D eigenvalue weighted by molar-refractivity contribution is 6.09. The highest BCUT2D eigenvalue weighted by atomic mass is 16.6. The number of amides is 1. The Labute approximate surface area is 122 Å². The number of carbonyl (C=O) groups is 3. The third kappa shape index (κ3) is 3.21. The van der Waals surface area contributed by atoms with E-state index in [1.54, 1.807) is 30.0 Å². The van der Waals surface area contributed by atoms with Crippen LogP contribution in [0.3, 0.4) is 0 Å². The van der Waals surface area contributed by atoms with E-state index in [2.05, 4.69) is 4.74 Å². The van der Waals surface area contributed by atoms with Gasteiger partial charge >= 0.3 is 5.97 Å². The lowest BCUT2D eigenvalue weighted by Crippen LogP contribution is -2.36. The van der Waals surface area contributed by atoms with E-state index in [1.807, 2.05) is 0 Å². The number of carbonyl (C=O) groups excluding carboxylic acids is 3. The number of hydrogen-bond donors (Lipinski definition) is 0.